The first kappa shape index (κ1) is 23.7. The molecule has 0 aromatic heterocycles. The summed E-state index contributed by atoms with van der Waals surface area (Å²) in [5.74, 6) is -3.24. The van der Waals surface area contributed by atoms with Crippen LogP contribution in [0.4, 0.5) is 18.9 Å². The topological polar surface area (TPSA) is 79.1 Å². The van der Waals surface area contributed by atoms with Crippen molar-refractivity contribution in [2.24, 2.45) is 10.1 Å². The second-order valence-electron chi connectivity index (χ2n) is 8.48. The van der Waals surface area contributed by atoms with Crippen LogP contribution in [0.15, 0.2) is 58.0 Å². The number of oxime groups is 1. The molecule has 0 radical (unpaired) electrons. The summed E-state index contributed by atoms with van der Waals surface area (Å²) in [5, 5.41) is 14.2. The van der Waals surface area contributed by atoms with Gasteiger partial charge in [-0.3, -0.25) is 4.99 Å². The van der Waals surface area contributed by atoms with Crippen molar-refractivity contribution >= 4 is 23.9 Å². The van der Waals surface area contributed by atoms with Crippen LogP contribution in [0.1, 0.15) is 18.1 Å². The Bertz CT molecular complexity index is 1300. The average Bonchev–Trinajstić information content (AvgIpc) is 3.28. The zero-order valence-electron chi connectivity index (χ0n) is 19.5. The number of aliphatic imine (C=N–C) groups is 1. The van der Waals surface area contributed by atoms with Gasteiger partial charge in [0.25, 0.3) is 5.72 Å². The van der Waals surface area contributed by atoms with Crippen molar-refractivity contribution in [3.63, 3.8) is 0 Å². The van der Waals surface area contributed by atoms with Crippen molar-refractivity contribution in [3.05, 3.63) is 76.4 Å². The molecule has 0 amide bonds. The number of amidine groups is 1. The van der Waals surface area contributed by atoms with Gasteiger partial charge in [0.1, 0.15) is 19.0 Å². The van der Waals surface area contributed by atoms with E-state index in [1.165, 1.54) is 4.90 Å². The quantitative estimate of drug-likeness (QED) is 0.631. The number of fused-ring (bicyclic) bond motifs is 1. The molecule has 1 unspecified atom stereocenters. The third-order valence-corrected chi connectivity index (χ3v) is 6.10. The Labute approximate surface area is 205 Å². The molecule has 3 heterocycles. The molecular formula is C25H23F3N4O4. The lowest BCUT2D eigenvalue weighted by atomic mass is 10.00. The van der Waals surface area contributed by atoms with Gasteiger partial charge in [-0.15, -0.1) is 0 Å². The van der Waals surface area contributed by atoms with E-state index in [2.05, 4.69) is 10.1 Å². The molecule has 3 aliphatic rings. The molecule has 1 fully saturated rings. The lowest BCUT2D eigenvalue weighted by molar-refractivity contribution is -0.141. The first-order valence-electron chi connectivity index (χ1n) is 11.1. The van der Waals surface area contributed by atoms with Crippen LogP contribution < -0.4 is 9.64 Å². The predicted octanol–water partition coefficient (Wildman–Crippen LogP) is 3.73. The summed E-state index contributed by atoms with van der Waals surface area (Å²) in [7, 11) is 1.57. The largest absolute Gasteiger partial charge is 0.495 e. The van der Waals surface area contributed by atoms with Crippen LogP contribution in [0.3, 0.4) is 0 Å². The first-order chi connectivity index (χ1) is 17.4. The molecule has 5 rings (SSSR count). The van der Waals surface area contributed by atoms with Gasteiger partial charge >= 0.3 is 0 Å². The molecule has 8 nitrogen and oxygen atoms in total. The number of benzene rings is 2. The number of anilines is 1. The highest BCUT2D eigenvalue weighted by atomic mass is 19.2. The fourth-order valence-corrected chi connectivity index (χ4v) is 4.33. The second-order valence-corrected chi connectivity index (χ2v) is 8.48. The van der Waals surface area contributed by atoms with Crippen molar-refractivity contribution in [1.82, 2.24) is 4.90 Å². The zero-order chi connectivity index (χ0) is 25.4. The number of aliphatic hydroxyl groups is 1. The van der Waals surface area contributed by atoms with Gasteiger partial charge in [-0.1, -0.05) is 11.2 Å². The normalized spacial score (nSPS) is 22.1. The SMILES string of the molecule is COc1cc(/C=C2/OCCN3C2=NOC3(CO)c2cc(F)c(F)c(F)c2)ccc1N1C=NCC(C)=C1. The van der Waals surface area contributed by atoms with E-state index in [1.54, 1.807) is 19.5 Å². The lowest BCUT2D eigenvalue weighted by Gasteiger charge is -2.38. The van der Waals surface area contributed by atoms with Crippen molar-refractivity contribution in [2.45, 2.75) is 12.6 Å². The maximum Gasteiger partial charge on any atom is 0.260 e. The van der Waals surface area contributed by atoms with E-state index in [4.69, 9.17) is 14.3 Å². The average molecular weight is 500 g/mol. The van der Waals surface area contributed by atoms with Crippen LogP contribution in [0.25, 0.3) is 6.08 Å². The van der Waals surface area contributed by atoms with Crippen LogP contribution in [-0.2, 0) is 15.3 Å². The van der Waals surface area contributed by atoms with Crippen LogP contribution in [0.2, 0.25) is 0 Å². The number of morpholine rings is 1. The van der Waals surface area contributed by atoms with E-state index in [0.29, 0.717) is 18.1 Å². The van der Waals surface area contributed by atoms with E-state index < -0.39 is 29.8 Å². The van der Waals surface area contributed by atoms with Crippen molar-refractivity contribution in [3.8, 4) is 5.75 Å². The summed E-state index contributed by atoms with van der Waals surface area (Å²) in [4.78, 5) is 13.3. The molecule has 0 spiro atoms. The van der Waals surface area contributed by atoms with Gasteiger partial charge in [0.2, 0.25) is 5.84 Å². The number of methoxy groups -OCH3 is 1. The summed E-state index contributed by atoms with van der Waals surface area (Å²) in [6, 6.07) is 7.13. The number of rotatable bonds is 5. The molecule has 11 heteroatoms. The van der Waals surface area contributed by atoms with E-state index >= 15 is 0 Å². The maximum atomic E-state index is 14.0. The molecule has 0 saturated carbocycles. The summed E-state index contributed by atoms with van der Waals surface area (Å²) in [6.07, 6.45) is 5.42. The van der Waals surface area contributed by atoms with Crippen LogP contribution in [0.5, 0.6) is 5.75 Å². The molecule has 1 atom stereocenters. The number of halogens is 3. The third-order valence-electron chi connectivity index (χ3n) is 6.10. The smallest absolute Gasteiger partial charge is 0.260 e. The highest BCUT2D eigenvalue weighted by Gasteiger charge is 2.51. The van der Waals surface area contributed by atoms with Crippen molar-refractivity contribution < 1.29 is 32.6 Å². The number of hydrogen-bond acceptors (Lipinski definition) is 8. The fraction of sp³-hybridized carbons (Fsp3) is 0.280. The summed E-state index contributed by atoms with van der Waals surface area (Å²) >= 11 is 0. The molecule has 2 aromatic carbocycles. The van der Waals surface area contributed by atoms with Crippen LogP contribution in [0, 0.1) is 17.5 Å². The molecule has 0 aliphatic carbocycles. The van der Waals surface area contributed by atoms with Gasteiger partial charge in [0.05, 0.1) is 32.2 Å². The molecule has 1 saturated heterocycles. The van der Waals surface area contributed by atoms with Gasteiger partial charge in [-0.25, -0.2) is 13.2 Å². The lowest BCUT2D eigenvalue weighted by Crippen LogP contribution is -2.52. The minimum Gasteiger partial charge on any atom is -0.495 e. The van der Waals surface area contributed by atoms with Gasteiger partial charge in [-0.2, -0.15) is 0 Å². The Hall–Kier alpha value is -3.99. The van der Waals surface area contributed by atoms with Crippen LogP contribution in [-0.4, -0.2) is 55.6 Å². The van der Waals surface area contributed by atoms with Crippen LogP contribution >= 0.6 is 0 Å². The van der Waals surface area contributed by atoms with Gasteiger partial charge in [0.15, 0.2) is 23.2 Å². The van der Waals surface area contributed by atoms with E-state index in [0.717, 1.165) is 29.0 Å². The number of hydrogen-bond donors (Lipinski definition) is 1. The zero-order valence-corrected chi connectivity index (χ0v) is 19.5. The highest BCUT2D eigenvalue weighted by Crippen LogP contribution is 2.40. The second kappa shape index (κ2) is 9.23. The molecule has 1 N–H and O–H groups in total. The molecule has 2 aromatic rings. The minimum atomic E-state index is -1.73. The third kappa shape index (κ3) is 3.95. The Morgan fingerprint density at radius 2 is 1.97 bits per heavy atom. The van der Waals surface area contributed by atoms with Gasteiger partial charge in [0, 0.05) is 11.8 Å². The van der Waals surface area contributed by atoms with E-state index in [1.807, 2.05) is 36.2 Å². The highest BCUT2D eigenvalue weighted by molar-refractivity contribution is 6.01. The Morgan fingerprint density at radius 3 is 2.67 bits per heavy atom. The monoisotopic (exact) mass is 500 g/mol. The van der Waals surface area contributed by atoms with Gasteiger partial charge in [-0.05, 0) is 48.4 Å². The van der Waals surface area contributed by atoms with Gasteiger partial charge < -0.3 is 29.2 Å². The van der Waals surface area contributed by atoms with Crippen molar-refractivity contribution in [2.75, 3.05) is 38.3 Å². The number of ether oxygens (including phenoxy) is 2. The Kier molecular flexibility index (Phi) is 6.09. The van der Waals surface area contributed by atoms with E-state index in [9.17, 15) is 18.3 Å². The molecule has 3 aliphatic heterocycles. The maximum absolute atomic E-state index is 14.0. The van der Waals surface area contributed by atoms with Crippen molar-refractivity contribution in [1.29, 1.82) is 0 Å². The fourth-order valence-electron chi connectivity index (χ4n) is 4.33. The number of aliphatic hydroxyl groups excluding tert-OH is 1. The first-order valence-corrected chi connectivity index (χ1v) is 11.1. The summed E-state index contributed by atoms with van der Waals surface area (Å²) < 4.78 is 52.9. The minimum absolute atomic E-state index is 0.112. The summed E-state index contributed by atoms with van der Waals surface area (Å²) in [5.41, 5.74) is 0.792. The molecule has 188 valence electrons. The molecule has 36 heavy (non-hydrogen) atoms. The van der Waals surface area contributed by atoms with E-state index in [-0.39, 0.29) is 24.6 Å². The molecule has 0 bridgehead atoms. The summed E-state index contributed by atoms with van der Waals surface area (Å²) in [6.45, 7) is 2.34. The molecular weight excluding hydrogens is 477 g/mol. The number of nitrogens with zero attached hydrogens (tertiary/aromatic N) is 4. The predicted molar refractivity (Wildman–Crippen MR) is 127 cm³/mol. The standard InChI is InChI=1S/C25H23F3N4O4/c1-15-11-29-14-31(12-15)20-4-3-16(7-21(20)34-2)8-22-24-30-36-25(13-33,32(24)5-6-35-22)17-9-18(26)23(28)19(27)10-17/h3-4,7-10,12,14,33H,5-6,11,13H2,1-2H3/b22-8+. The Morgan fingerprint density at radius 1 is 1.19 bits per heavy atom. The Balaban J connectivity index is 1.47.